The molecule has 4 aliphatic carbocycles. The summed E-state index contributed by atoms with van der Waals surface area (Å²) in [6, 6.07) is 2.37. The van der Waals surface area contributed by atoms with Crippen LogP contribution >= 0.6 is 0 Å². The van der Waals surface area contributed by atoms with E-state index >= 15 is 0 Å². The molecule has 132 valence electrons. The largest absolute Gasteiger partial charge is 0.393 e. The van der Waals surface area contributed by atoms with Crippen LogP contribution in [-0.2, 0) is 4.79 Å². The number of hydrogen-bond donors (Lipinski definition) is 1. The van der Waals surface area contributed by atoms with E-state index < -0.39 is 0 Å². The van der Waals surface area contributed by atoms with E-state index in [1.165, 1.54) is 12.8 Å². The Hall–Kier alpha value is -0.880. The van der Waals surface area contributed by atoms with Crippen molar-refractivity contribution in [2.24, 2.45) is 40.4 Å². The Bertz CT molecular complexity index is 581. The minimum Gasteiger partial charge on any atom is -0.393 e. The molecule has 0 aliphatic heterocycles. The van der Waals surface area contributed by atoms with Crippen LogP contribution < -0.4 is 0 Å². The first-order valence-corrected chi connectivity index (χ1v) is 9.98. The number of fused-ring (bicyclic) bond motifs is 5. The molecule has 4 fully saturated rings. The number of carbonyl (C=O) groups excluding carboxylic acids is 1. The summed E-state index contributed by atoms with van der Waals surface area (Å²) in [5, 5.41) is 19.3. The minimum atomic E-state index is -0.157. The third kappa shape index (κ3) is 2.15. The number of aliphatic hydroxyl groups excluding tert-OH is 1. The highest BCUT2D eigenvalue weighted by Gasteiger charge is 2.62. The summed E-state index contributed by atoms with van der Waals surface area (Å²) < 4.78 is 0. The van der Waals surface area contributed by atoms with Crippen molar-refractivity contribution in [1.29, 1.82) is 5.26 Å². The number of Topliss-reactive ketones (excluding diaryl/α,β-unsaturated/α-hetero) is 1. The monoisotopic (exact) mass is 329 g/mol. The zero-order valence-electron chi connectivity index (χ0n) is 15.1. The fourth-order valence-electron chi connectivity index (χ4n) is 7.60. The van der Waals surface area contributed by atoms with E-state index in [4.69, 9.17) is 0 Å². The molecular weight excluding hydrogens is 298 g/mol. The second-order valence-electron chi connectivity index (χ2n) is 9.74. The molecule has 0 aromatic rings. The predicted molar refractivity (Wildman–Crippen MR) is 91.8 cm³/mol. The van der Waals surface area contributed by atoms with E-state index in [9.17, 15) is 15.2 Å². The third-order valence-corrected chi connectivity index (χ3v) is 8.85. The molecule has 8 unspecified atom stereocenters. The number of nitrogens with zero attached hydrogens (tertiary/aromatic N) is 1. The lowest BCUT2D eigenvalue weighted by molar-refractivity contribution is -0.161. The smallest absolute Gasteiger partial charge is 0.137 e. The summed E-state index contributed by atoms with van der Waals surface area (Å²) in [6.45, 7) is 4.66. The molecule has 8 atom stereocenters. The van der Waals surface area contributed by atoms with Crippen molar-refractivity contribution >= 4 is 5.78 Å². The van der Waals surface area contributed by atoms with Crippen molar-refractivity contribution in [3.63, 3.8) is 0 Å². The lowest BCUT2D eigenvalue weighted by Crippen LogP contribution is -2.57. The van der Waals surface area contributed by atoms with Crippen molar-refractivity contribution in [1.82, 2.24) is 0 Å². The molecule has 0 aromatic carbocycles. The molecule has 4 rings (SSSR count). The first kappa shape index (κ1) is 16.6. The van der Waals surface area contributed by atoms with Crippen LogP contribution in [0.5, 0.6) is 0 Å². The summed E-state index contributed by atoms with van der Waals surface area (Å²) in [7, 11) is 0. The van der Waals surface area contributed by atoms with E-state index in [0.29, 0.717) is 42.3 Å². The topological polar surface area (TPSA) is 61.1 Å². The van der Waals surface area contributed by atoms with Gasteiger partial charge in [0.25, 0.3) is 0 Å². The summed E-state index contributed by atoms with van der Waals surface area (Å²) in [4.78, 5) is 13.3. The van der Waals surface area contributed by atoms with Gasteiger partial charge in [-0.2, -0.15) is 5.26 Å². The first-order valence-electron chi connectivity index (χ1n) is 9.98. The van der Waals surface area contributed by atoms with Gasteiger partial charge < -0.3 is 5.11 Å². The Morgan fingerprint density at radius 3 is 2.71 bits per heavy atom. The molecule has 24 heavy (non-hydrogen) atoms. The number of ketones is 1. The van der Waals surface area contributed by atoms with Gasteiger partial charge in [-0.15, -0.1) is 0 Å². The second-order valence-corrected chi connectivity index (χ2v) is 9.74. The SMILES string of the molecule is CC12CC(=O)C3C(CCC4CC(O)CCC43C)C1CCC2CC#N. The molecule has 0 bridgehead atoms. The normalized spacial score (nSPS) is 53.7. The number of rotatable bonds is 1. The van der Waals surface area contributed by atoms with Crippen molar-refractivity contribution in [2.45, 2.75) is 77.7 Å². The van der Waals surface area contributed by atoms with Crippen molar-refractivity contribution < 1.29 is 9.90 Å². The molecule has 0 aromatic heterocycles. The molecule has 4 saturated carbocycles. The van der Waals surface area contributed by atoms with Crippen LogP contribution in [0.3, 0.4) is 0 Å². The van der Waals surface area contributed by atoms with Crippen LogP contribution in [-0.4, -0.2) is 17.0 Å². The molecule has 0 saturated heterocycles. The Kier molecular flexibility index (Phi) is 3.84. The van der Waals surface area contributed by atoms with E-state index in [2.05, 4.69) is 19.9 Å². The Balaban J connectivity index is 1.66. The van der Waals surface area contributed by atoms with Crippen molar-refractivity contribution in [3.05, 3.63) is 0 Å². The zero-order chi connectivity index (χ0) is 17.1. The molecule has 3 heteroatoms. The fourth-order valence-corrected chi connectivity index (χ4v) is 7.60. The van der Waals surface area contributed by atoms with Crippen LogP contribution in [0.1, 0.15) is 71.6 Å². The van der Waals surface area contributed by atoms with E-state index in [1.807, 2.05) is 0 Å². The summed E-state index contributed by atoms with van der Waals surface area (Å²) in [6.07, 6.45) is 8.59. The number of aliphatic hydroxyl groups is 1. The summed E-state index contributed by atoms with van der Waals surface area (Å²) in [5.74, 6) is 2.78. The number of carbonyl (C=O) groups is 1. The summed E-state index contributed by atoms with van der Waals surface area (Å²) in [5.41, 5.74) is 0.166. The second kappa shape index (κ2) is 5.56. The van der Waals surface area contributed by atoms with Gasteiger partial charge in [-0.1, -0.05) is 13.8 Å². The summed E-state index contributed by atoms with van der Waals surface area (Å²) >= 11 is 0. The Labute approximate surface area is 145 Å². The van der Waals surface area contributed by atoms with Crippen LogP contribution in [0.15, 0.2) is 0 Å². The zero-order valence-corrected chi connectivity index (χ0v) is 15.1. The highest BCUT2D eigenvalue weighted by Crippen LogP contribution is 2.66. The van der Waals surface area contributed by atoms with Gasteiger partial charge in [-0.3, -0.25) is 4.79 Å². The first-order chi connectivity index (χ1) is 11.4. The predicted octanol–water partition coefficient (Wildman–Crippen LogP) is 4.10. The van der Waals surface area contributed by atoms with E-state index in [0.717, 1.165) is 32.1 Å². The average molecular weight is 329 g/mol. The van der Waals surface area contributed by atoms with Gasteiger partial charge in [0, 0.05) is 18.8 Å². The molecule has 4 aliphatic rings. The third-order valence-electron chi connectivity index (χ3n) is 8.85. The van der Waals surface area contributed by atoms with Crippen LogP contribution in [0, 0.1) is 51.8 Å². The molecule has 0 spiro atoms. The molecule has 0 radical (unpaired) electrons. The quantitative estimate of drug-likeness (QED) is 0.788. The van der Waals surface area contributed by atoms with Crippen molar-refractivity contribution in [3.8, 4) is 6.07 Å². The maximum atomic E-state index is 13.3. The van der Waals surface area contributed by atoms with Crippen LogP contribution in [0.25, 0.3) is 0 Å². The average Bonchev–Trinajstić information content (AvgIpc) is 2.84. The lowest BCUT2D eigenvalue weighted by Gasteiger charge is -2.59. The van der Waals surface area contributed by atoms with Crippen LogP contribution in [0.2, 0.25) is 0 Å². The highest BCUT2D eigenvalue weighted by molar-refractivity contribution is 5.84. The fraction of sp³-hybridized carbons (Fsp3) is 0.905. The molecule has 0 amide bonds. The van der Waals surface area contributed by atoms with Gasteiger partial charge in [0.2, 0.25) is 0 Å². The Morgan fingerprint density at radius 1 is 1.17 bits per heavy atom. The van der Waals surface area contributed by atoms with Gasteiger partial charge >= 0.3 is 0 Å². The van der Waals surface area contributed by atoms with Gasteiger partial charge in [0.05, 0.1) is 12.2 Å². The van der Waals surface area contributed by atoms with Gasteiger partial charge in [0.15, 0.2) is 0 Å². The molecule has 1 N–H and O–H groups in total. The van der Waals surface area contributed by atoms with Gasteiger partial charge in [-0.05, 0) is 79.4 Å². The standard InChI is InChI=1S/C21H31NO2/c1-20-9-7-15(23)11-14(20)3-5-16-17-6-4-13(8-10-22)21(17,2)12-18(24)19(16)20/h13-17,19,23H,3-9,11-12H2,1-2H3. The maximum absolute atomic E-state index is 13.3. The Morgan fingerprint density at radius 2 is 1.96 bits per heavy atom. The lowest BCUT2D eigenvalue weighted by atomic mass is 9.44. The van der Waals surface area contributed by atoms with Crippen molar-refractivity contribution in [2.75, 3.05) is 0 Å². The van der Waals surface area contributed by atoms with E-state index in [1.54, 1.807) is 0 Å². The molecule has 3 nitrogen and oxygen atoms in total. The van der Waals surface area contributed by atoms with Gasteiger partial charge in [0.1, 0.15) is 5.78 Å². The molecular formula is C21H31NO2. The van der Waals surface area contributed by atoms with E-state index in [-0.39, 0.29) is 22.9 Å². The highest BCUT2D eigenvalue weighted by atomic mass is 16.3. The molecule has 0 heterocycles. The number of hydrogen-bond acceptors (Lipinski definition) is 3. The van der Waals surface area contributed by atoms with Gasteiger partial charge in [-0.25, -0.2) is 0 Å². The number of nitriles is 1. The minimum absolute atomic E-state index is 0.0609. The van der Waals surface area contributed by atoms with Crippen LogP contribution in [0.4, 0.5) is 0 Å². The maximum Gasteiger partial charge on any atom is 0.137 e.